The second-order valence-electron chi connectivity index (χ2n) is 9.06. The normalized spacial score (nSPS) is 18.5. The van der Waals surface area contributed by atoms with Gasteiger partial charge in [-0.1, -0.05) is 71.1 Å². The molecule has 4 N–H and O–H groups in total. The van der Waals surface area contributed by atoms with Crippen molar-refractivity contribution in [3.63, 3.8) is 0 Å². The maximum Gasteiger partial charge on any atom is 0.326 e. The minimum absolute atomic E-state index is 0.243. The quantitative estimate of drug-likeness (QED) is 0.329. The van der Waals surface area contributed by atoms with E-state index in [4.69, 9.17) is 10.2 Å². The van der Waals surface area contributed by atoms with Crippen molar-refractivity contribution in [1.82, 2.24) is 10.6 Å². The summed E-state index contributed by atoms with van der Waals surface area (Å²) in [5.74, 6) is -2.97. The Bertz CT molecular complexity index is 498. The maximum atomic E-state index is 11.4. The number of nitrogens with one attached hydrogen (secondary N) is 2. The fourth-order valence-corrected chi connectivity index (χ4v) is 4.40. The highest BCUT2D eigenvalue weighted by atomic mass is 16.4. The van der Waals surface area contributed by atoms with Crippen LogP contribution in [0.1, 0.15) is 116 Å². The molecule has 0 aromatic heterocycles. The van der Waals surface area contributed by atoms with E-state index in [1.165, 1.54) is 64.2 Å². The molecule has 7 nitrogen and oxygen atoms in total. The van der Waals surface area contributed by atoms with Crippen molar-refractivity contribution < 1.29 is 24.6 Å². The number of carboxylic acid groups (broad SMARTS) is 2. The van der Waals surface area contributed by atoms with E-state index in [9.17, 15) is 14.4 Å². The smallest absolute Gasteiger partial charge is 0.326 e. The molecule has 0 bridgehead atoms. The van der Waals surface area contributed by atoms with Crippen LogP contribution in [0.25, 0.3) is 0 Å². The maximum absolute atomic E-state index is 11.4. The van der Waals surface area contributed by atoms with Crippen LogP contribution in [-0.4, -0.2) is 46.2 Å². The molecule has 180 valence electrons. The molecule has 2 rings (SSSR count). The van der Waals surface area contributed by atoms with Crippen LogP contribution in [0, 0.1) is 0 Å². The van der Waals surface area contributed by atoms with Crippen molar-refractivity contribution in [2.24, 2.45) is 0 Å². The van der Waals surface area contributed by atoms with E-state index < -0.39 is 30.3 Å². The fraction of sp³-hybridized carbons (Fsp3) is 0.875. The Kier molecular flexibility index (Phi) is 15.0. The average molecular weight is 441 g/mol. The number of amides is 1. The number of carbonyl (C=O) groups is 3. The number of carboxylic acids is 2. The van der Waals surface area contributed by atoms with Gasteiger partial charge in [-0.3, -0.25) is 9.59 Å². The third-order valence-corrected chi connectivity index (χ3v) is 6.20. The Morgan fingerprint density at radius 2 is 1.32 bits per heavy atom. The predicted molar refractivity (Wildman–Crippen MR) is 122 cm³/mol. The lowest BCUT2D eigenvalue weighted by Crippen LogP contribution is -2.42. The first-order valence-corrected chi connectivity index (χ1v) is 12.4. The van der Waals surface area contributed by atoms with Gasteiger partial charge in [0.05, 0.1) is 6.42 Å². The van der Waals surface area contributed by atoms with Crippen molar-refractivity contribution in [3.05, 3.63) is 0 Å². The molecule has 1 amide bonds. The number of hydrogen-bond acceptors (Lipinski definition) is 4. The Morgan fingerprint density at radius 1 is 0.806 bits per heavy atom. The molecule has 7 heteroatoms. The van der Waals surface area contributed by atoms with Crippen LogP contribution in [-0.2, 0) is 14.4 Å². The van der Waals surface area contributed by atoms with Crippen LogP contribution in [0.5, 0.6) is 0 Å². The molecular weight excluding hydrogens is 396 g/mol. The molecule has 0 saturated heterocycles. The molecule has 2 aliphatic carbocycles. The second-order valence-corrected chi connectivity index (χ2v) is 9.06. The van der Waals surface area contributed by atoms with Crippen LogP contribution in [0.4, 0.5) is 0 Å². The number of carbonyl (C=O) groups excluding carboxylic acids is 1. The average Bonchev–Trinajstić information content (AvgIpc) is 2.75. The lowest BCUT2D eigenvalue weighted by Gasteiger charge is -2.30. The zero-order valence-corrected chi connectivity index (χ0v) is 19.4. The van der Waals surface area contributed by atoms with Gasteiger partial charge in [0.15, 0.2) is 0 Å². The molecule has 0 radical (unpaired) electrons. The van der Waals surface area contributed by atoms with Crippen LogP contribution >= 0.6 is 0 Å². The standard InChI is InChI=1S/C12H21NO5.C12H23N/c1-2-3-4-5-6-7-10(14)13-9(12(17)18)8-11(15)16;1-3-7-11(8-4-1)13-12-9-5-2-6-10-12/h9H,2-8H2,1H3,(H,13,14)(H,15,16)(H,17,18);11-13H,1-10H2. The van der Waals surface area contributed by atoms with Crippen LogP contribution in [0.2, 0.25) is 0 Å². The zero-order chi connectivity index (χ0) is 22.9. The molecule has 0 aromatic carbocycles. The highest BCUT2D eigenvalue weighted by Gasteiger charge is 2.22. The van der Waals surface area contributed by atoms with Gasteiger partial charge in [0.25, 0.3) is 0 Å². The van der Waals surface area contributed by atoms with Gasteiger partial charge in [-0.15, -0.1) is 0 Å². The van der Waals surface area contributed by atoms with E-state index >= 15 is 0 Å². The Balaban J connectivity index is 0.000000323. The summed E-state index contributed by atoms with van der Waals surface area (Å²) < 4.78 is 0. The molecule has 0 aromatic rings. The number of rotatable bonds is 12. The van der Waals surface area contributed by atoms with E-state index in [1.54, 1.807) is 0 Å². The van der Waals surface area contributed by atoms with E-state index in [0.717, 1.165) is 37.8 Å². The van der Waals surface area contributed by atoms with Gasteiger partial charge in [0.1, 0.15) is 6.04 Å². The summed E-state index contributed by atoms with van der Waals surface area (Å²) in [7, 11) is 0. The summed E-state index contributed by atoms with van der Waals surface area (Å²) in [4.78, 5) is 32.5. The lowest BCUT2D eigenvalue weighted by atomic mass is 9.91. The number of hydrogen-bond donors (Lipinski definition) is 4. The summed E-state index contributed by atoms with van der Waals surface area (Å²) in [6.07, 6.45) is 19.1. The van der Waals surface area contributed by atoms with Crippen LogP contribution < -0.4 is 10.6 Å². The lowest BCUT2D eigenvalue weighted by molar-refractivity contribution is -0.147. The molecule has 0 aliphatic heterocycles. The van der Waals surface area contributed by atoms with E-state index in [-0.39, 0.29) is 6.42 Å². The van der Waals surface area contributed by atoms with Gasteiger partial charge >= 0.3 is 11.9 Å². The highest BCUT2D eigenvalue weighted by molar-refractivity contribution is 5.86. The van der Waals surface area contributed by atoms with E-state index in [1.807, 2.05) is 0 Å². The molecule has 0 heterocycles. The van der Waals surface area contributed by atoms with Gasteiger partial charge < -0.3 is 20.8 Å². The summed E-state index contributed by atoms with van der Waals surface area (Å²) in [5, 5.41) is 23.3. The Morgan fingerprint density at radius 3 is 1.77 bits per heavy atom. The summed E-state index contributed by atoms with van der Waals surface area (Å²) in [5.41, 5.74) is 0. The van der Waals surface area contributed by atoms with E-state index in [0.29, 0.717) is 6.42 Å². The highest BCUT2D eigenvalue weighted by Crippen LogP contribution is 2.22. The van der Waals surface area contributed by atoms with Gasteiger partial charge in [-0.05, 0) is 32.1 Å². The monoisotopic (exact) mass is 440 g/mol. The fourth-order valence-electron chi connectivity index (χ4n) is 4.40. The van der Waals surface area contributed by atoms with Crippen LogP contribution in [0.15, 0.2) is 0 Å². The van der Waals surface area contributed by atoms with Crippen molar-refractivity contribution in [2.75, 3.05) is 0 Å². The third kappa shape index (κ3) is 14.1. The second kappa shape index (κ2) is 17.0. The van der Waals surface area contributed by atoms with Gasteiger partial charge in [0, 0.05) is 18.5 Å². The molecule has 1 unspecified atom stereocenters. The Labute approximate surface area is 187 Å². The minimum Gasteiger partial charge on any atom is -0.481 e. The first-order chi connectivity index (χ1) is 14.9. The van der Waals surface area contributed by atoms with Crippen LogP contribution in [0.3, 0.4) is 0 Å². The number of unbranched alkanes of at least 4 members (excludes halogenated alkanes) is 4. The van der Waals surface area contributed by atoms with Crippen molar-refractivity contribution in [2.45, 2.75) is 134 Å². The summed E-state index contributed by atoms with van der Waals surface area (Å²) in [6.45, 7) is 2.09. The molecular formula is C24H44N2O5. The molecule has 2 fully saturated rings. The summed E-state index contributed by atoms with van der Waals surface area (Å²) in [6, 6.07) is 0.402. The molecule has 1 atom stereocenters. The van der Waals surface area contributed by atoms with Crippen molar-refractivity contribution >= 4 is 17.8 Å². The topological polar surface area (TPSA) is 116 Å². The first kappa shape index (κ1) is 27.4. The Hall–Kier alpha value is -1.63. The zero-order valence-electron chi connectivity index (χ0n) is 19.4. The van der Waals surface area contributed by atoms with Crippen molar-refractivity contribution in [3.8, 4) is 0 Å². The minimum atomic E-state index is -1.34. The molecule has 0 spiro atoms. The summed E-state index contributed by atoms with van der Waals surface area (Å²) >= 11 is 0. The first-order valence-electron chi connectivity index (χ1n) is 12.4. The van der Waals surface area contributed by atoms with E-state index in [2.05, 4.69) is 17.6 Å². The van der Waals surface area contributed by atoms with Gasteiger partial charge in [0.2, 0.25) is 5.91 Å². The number of aliphatic carboxylic acids is 2. The molecule has 31 heavy (non-hydrogen) atoms. The molecule has 2 aliphatic rings. The molecule has 2 saturated carbocycles. The van der Waals surface area contributed by atoms with Gasteiger partial charge in [-0.2, -0.15) is 0 Å². The third-order valence-electron chi connectivity index (χ3n) is 6.20. The van der Waals surface area contributed by atoms with Gasteiger partial charge in [-0.25, -0.2) is 4.79 Å². The predicted octanol–water partition coefficient (Wildman–Crippen LogP) is 4.63. The van der Waals surface area contributed by atoms with Crippen molar-refractivity contribution in [1.29, 1.82) is 0 Å². The largest absolute Gasteiger partial charge is 0.481 e. The SMILES string of the molecule is C1CCC(NC2CCCCC2)CC1.CCCCCCCC(=O)NC(CC(=O)O)C(=O)O.